The molecule has 2 heterocycles. The standard InChI is InChI=1S/C13H12N2O/c1-8-13-11(5-6-14-8)10-4-3-9(16-2)7-12(10)15-13/h3-4,6-7H,5H2,1-2H3/p+1. The van der Waals surface area contributed by atoms with E-state index in [4.69, 9.17) is 4.74 Å². The van der Waals surface area contributed by atoms with Crippen LogP contribution >= 0.6 is 0 Å². The Morgan fingerprint density at radius 2 is 2.25 bits per heavy atom. The molecule has 3 nitrogen and oxygen atoms in total. The van der Waals surface area contributed by atoms with Crippen LogP contribution in [0.15, 0.2) is 34.6 Å². The summed E-state index contributed by atoms with van der Waals surface area (Å²) in [5, 5.41) is 2.38. The van der Waals surface area contributed by atoms with E-state index in [1.54, 1.807) is 7.11 Å². The van der Waals surface area contributed by atoms with Gasteiger partial charge >= 0.3 is 0 Å². The summed E-state index contributed by atoms with van der Waals surface area (Å²) in [5.74, 6) is 0.879. The van der Waals surface area contributed by atoms with Gasteiger partial charge in [-0.25, -0.2) is 4.99 Å². The molecule has 0 saturated carbocycles. The van der Waals surface area contributed by atoms with E-state index >= 15 is 0 Å². The highest BCUT2D eigenvalue weighted by Crippen LogP contribution is 2.17. The maximum Gasteiger partial charge on any atom is 0.229 e. The van der Waals surface area contributed by atoms with Gasteiger partial charge in [0.05, 0.1) is 18.4 Å². The van der Waals surface area contributed by atoms with Crippen LogP contribution in [-0.4, -0.2) is 13.3 Å². The van der Waals surface area contributed by atoms with Gasteiger partial charge in [-0.05, 0) is 19.1 Å². The smallest absolute Gasteiger partial charge is 0.229 e. The zero-order valence-electron chi connectivity index (χ0n) is 9.37. The summed E-state index contributed by atoms with van der Waals surface area (Å²) >= 11 is 0. The van der Waals surface area contributed by atoms with Crippen LogP contribution in [0.25, 0.3) is 5.57 Å². The van der Waals surface area contributed by atoms with Crippen molar-refractivity contribution in [1.29, 1.82) is 0 Å². The van der Waals surface area contributed by atoms with Crippen LogP contribution in [0.4, 0.5) is 0 Å². The molecule has 0 fully saturated rings. The highest BCUT2D eigenvalue weighted by atomic mass is 16.5. The Labute approximate surface area is 93.5 Å². The topological polar surface area (TPSA) is 35.6 Å². The van der Waals surface area contributed by atoms with Gasteiger partial charge in [0.15, 0.2) is 0 Å². The largest absolute Gasteiger partial charge is 0.497 e. The number of methoxy groups -OCH3 is 1. The molecular formula is C13H13N2O+. The highest BCUT2D eigenvalue weighted by molar-refractivity contribution is 5.81. The summed E-state index contributed by atoms with van der Waals surface area (Å²) in [6.45, 7) is 2.03. The molecule has 0 saturated heterocycles. The third-order valence-electron chi connectivity index (χ3n) is 3.06. The van der Waals surface area contributed by atoms with E-state index in [9.17, 15) is 0 Å². The summed E-state index contributed by atoms with van der Waals surface area (Å²) in [5.41, 5.74) is 3.55. The summed E-state index contributed by atoms with van der Waals surface area (Å²) < 4.78 is 5.22. The number of fused-ring (bicyclic) bond motifs is 2. The molecule has 3 rings (SSSR count). The van der Waals surface area contributed by atoms with Gasteiger partial charge in [-0.2, -0.15) is 0 Å². The van der Waals surface area contributed by atoms with Crippen molar-refractivity contribution in [3.63, 3.8) is 0 Å². The van der Waals surface area contributed by atoms with Crippen molar-refractivity contribution >= 4 is 11.8 Å². The molecule has 0 atom stereocenters. The molecule has 16 heavy (non-hydrogen) atoms. The molecular weight excluding hydrogens is 200 g/mol. The normalized spacial score (nSPS) is 17.0. The molecule has 0 amide bonds. The van der Waals surface area contributed by atoms with Crippen molar-refractivity contribution in [3.8, 4) is 5.75 Å². The Morgan fingerprint density at radius 1 is 1.38 bits per heavy atom. The predicted octanol–water partition coefficient (Wildman–Crippen LogP) is -0.734. The van der Waals surface area contributed by atoms with E-state index in [0.717, 1.165) is 28.9 Å². The number of ether oxygens (including phenoxy) is 1. The minimum atomic E-state index is 0.879. The van der Waals surface area contributed by atoms with Crippen LogP contribution in [0.5, 0.6) is 5.75 Å². The number of nitrogens with one attached hydrogen (secondary N) is 1. The first-order valence-corrected chi connectivity index (χ1v) is 5.34. The van der Waals surface area contributed by atoms with Crippen molar-refractivity contribution in [2.24, 2.45) is 4.99 Å². The fourth-order valence-electron chi connectivity index (χ4n) is 2.22. The van der Waals surface area contributed by atoms with Crippen molar-refractivity contribution in [2.45, 2.75) is 13.3 Å². The lowest BCUT2D eigenvalue weighted by Gasteiger charge is -2.03. The first-order chi connectivity index (χ1) is 7.79. The second-order valence-corrected chi connectivity index (χ2v) is 3.99. The lowest BCUT2D eigenvalue weighted by Crippen LogP contribution is -2.74. The third kappa shape index (κ3) is 1.21. The fourth-order valence-corrected chi connectivity index (χ4v) is 2.22. The van der Waals surface area contributed by atoms with E-state index in [1.165, 1.54) is 10.8 Å². The van der Waals surface area contributed by atoms with Gasteiger partial charge in [0.1, 0.15) is 11.4 Å². The molecule has 3 heteroatoms. The number of nitrogens with zero attached hydrogens (tertiary/aromatic N) is 1. The van der Waals surface area contributed by atoms with Gasteiger partial charge < -0.3 is 4.74 Å². The molecule has 2 aliphatic rings. The molecule has 0 aromatic heterocycles. The van der Waals surface area contributed by atoms with Gasteiger partial charge in [0, 0.05) is 18.2 Å². The van der Waals surface area contributed by atoms with E-state index in [0.29, 0.717) is 0 Å². The average molecular weight is 213 g/mol. The van der Waals surface area contributed by atoms with E-state index < -0.39 is 0 Å². The SMILES string of the molecule is COc1ccc2c(c1)=[NH+]C1=C(C)N=CCC=21. The van der Waals surface area contributed by atoms with Crippen LogP contribution in [0.2, 0.25) is 0 Å². The molecule has 80 valence electrons. The molecule has 1 aromatic rings. The fraction of sp³-hybridized carbons (Fsp3) is 0.231. The van der Waals surface area contributed by atoms with E-state index in [2.05, 4.69) is 16.1 Å². The quantitative estimate of drug-likeness (QED) is 0.655. The van der Waals surface area contributed by atoms with Crippen molar-refractivity contribution in [1.82, 2.24) is 0 Å². The number of aliphatic imine (C=N–C) groups is 1. The second kappa shape index (κ2) is 3.30. The lowest BCUT2D eigenvalue weighted by atomic mass is 10.1. The number of benzene rings is 1. The van der Waals surface area contributed by atoms with Crippen LogP contribution in [0.3, 0.4) is 0 Å². The van der Waals surface area contributed by atoms with Crippen LogP contribution < -0.4 is 20.3 Å². The zero-order chi connectivity index (χ0) is 11.1. The Morgan fingerprint density at radius 3 is 3.06 bits per heavy atom. The second-order valence-electron chi connectivity index (χ2n) is 3.99. The highest BCUT2D eigenvalue weighted by Gasteiger charge is 2.23. The van der Waals surface area contributed by atoms with Gasteiger partial charge in [-0.15, -0.1) is 0 Å². The first kappa shape index (κ1) is 9.33. The van der Waals surface area contributed by atoms with Crippen molar-refractivity contribution in [3.05, 3.63) is 40.2 Å². The molecule has 1 N–H and O–H groups in total. The number of hydrogen-bond donors (Lipinski definition) is 1. The minimum Gasteiger partial charge on any atom is -0.497 e. The van der Waals surface area contributed by atoms with Gasteiger partial charge in [0.25, 0.3) is 0 Å². The average Bonchev–Trinajstić information content (AvgIpc) is 2.68. The minimum absolute atomic E-state index is 0.879. The maximum atomic E-state index is 5.22. The first-order valence-electron chi connectivity index (χ1n) is 5.34. The molecule has 2 aliphatic heterocycles. The molecule has 0 spiro atoms. The predicted molar refractivity (Wildman–Crippen MR) is 61.5 cm³/mol. The van der Waals surface area contributed by atoms with Gasteiger partial charge in [0.2, 0.25) is 11.1 Å². The summed E-state index contributed by atoms with van der Waals surface area (Å²) in [6, 6.07) is 6.13. The summed E-state index contributed by atoms with van der Waals surface area (Å²) in [4.78, 5) is 7.75. The molecule has 0 unspecified atom stereocenters. The van der Waals surface area contributed by atoms with Gasteiger partial charge in [-0.1, -0.05) is 0 Å². The van der Waals surface area contributed by atoms with Crippen molar-refractivity contribution in [2.75, 3.05) is 7.11 Å². The monoisotopic (exact) mass is 213 g/mol. The van der Waals surface area contributed by atoms with Gasteiger partial charge in [-0.3, -0.25) is 4.99 Å². The number of allylic oxidation sites excluding steroid dienone is 2. The maximum absolute atomic E-state index is 5.22. The molecule has 0 bridgehead atoms. The Hall–Kier alpha value is -1.90. The van der Waals surface area contributed by atoms with Crippen LogP contribution in [0, 0.1) is 0 Å². The third-order valence-corrected chi connectivity index (χ3v) is 3.06. The molecule has 0 aliphatic carbocycles. The number of hydrogen-bond acceptors (Lipinski definition) is 2. The summed E-state index contributed by atoms with van der Waals surface area (Å²) in [7, 11) is 1.69. The van der Waals surface area contributed by atoms with E-state index in [1.807, 2.05) is 25.3 Å². The Balaban J connectivity index is 2.34. The molecule has 1 aromatic carbocycles. The van der Waals surface area contributed by atoms with Crippen LogP contribution in [-0.2, 0) is 0 Å². The molecule has 0 radical (unpaired) electrons. The summed E-state index contributed by atoms with van der Waals surface area (Å²) in [6.07, 6.45) is 2.87. The van der Waals surface area contributed by atoms with Crippen LogP contribution in [0.1, 0.15) is 13.3 Å². The Kier molecular flexibility index (Phi) is 1.93. The number of rotatable bonds is 1. The van der Waals surface area contributed by atoms with E-state index in [-0.39, 0.29) is 0 Å². The Bertz CT molecular complexity index is 638. The lowest BCUT2D eigenvalue weighted by molar-refractivity contribution is -0.433. The zero-order valence-corrected chi connectivity index (χ0v) is 9.37. The van der Waals surface area contributed by atoms with Crippen molar-refractivity contribution < 1.29 is 9.73 Å².